The Morgan fingerprint density at radius 3 is 2.68 bits per heavy atom. The molecule has 1 amide bonds. The number of nitrogens with one attached hydrogen (secondary N) is 2. The van der Waals surface area contributed by atoms with E-state index >= 15 is 0 Å². The molecule has 0 saturated heterocycles. The fourth-order valence-electron chi connectivity index (χ4n) is 2.65. The molecule has 0 aliphatic carbocycles. The van der Waals surface area contributed by atoms with Crippen LogP contribution in [0.2, 0.25) is 0 Å². The van der Waals surface area contributed by atoms with E-state index in [1.165, 1.54) is 12.1 Å². The lowest BCUT2D eigenvalue weighted by Crippen LogP contribution is -3.10. The second-order valence-corrected chi connectivity index (χ2v) is 6.48. The van der Waals surface area contributed by atoms with Crippen molar-refractivity contribution < 1.29 is 23.2 Å². The number of carbonyl (C=O) groups is 1. The summed E-state index contributed by atoms with van der Waals surface area (Å²) < 4.78 is 24.1. The van der Waals surface area contributed by atoms with Crippen molar-refractivity contribution >= 4 is 11.6 Å². The average Bonchev–Trinajstić information content (AvgIpc) is 3.17. The summed E-state index contributed by atoms with van der Waals surface area (Å²) in [6, 6.07) is 12.9. The van der Waals surface area contributed by atoms with Crippen molar-refractivity contribution in [3.8, 4) is 17.2 Å². The normalized spacial score (nSPS) is 13.0. The van der Waals surface area contributed by atoms with Gasteiger partial charge >= 0.3 is 0 Å². The molecule has 7 nitrogen and oxygen atoms in total. The van der Waals surface area contributed by atoms with Gasteiger partial charge in [0.2, 0.25) is 5.89 Å². The van der Waals surface area contributed by atoms with E-state index in [9.17, 15) is 9.18 Å². The first-order chi connectivity index (χ1) is 13.5. The first-order valence-corrected chi connectivity index (χ1v) is 8.82. The largest absolute Gasteiger partial charge is 0.497 e. The number of likely N-dealkylation sites (N-methyl/N-ethyl adjacent to an activating group) is 1. The van der Waals surface area contributed by atoms with Gasteiger partial charge in [0.05, 0.1) is 14.2 Å². The number of aromatic nitrogens is 2. The molecule has 1 heterocycles. The molecule has 0 aliphatic rings. The number of benzene rings is 2. The van der Waals surface area contributed by atoms with E-state index in [1.54, 1.807) is 19.2 Å². The predicted molar refractivity (Wildman–Crippen MR) is 101 cm³/mol. The number of hydrogen-bond donors (Lipinski definition) is 2. The zero-order valence-corrected chi connectivity index (χ0v) is 15.9. The van der Waals surface area contributed by atoms with Crippen molar-refractivity contribution in [3.05, 3.63) is 60.2 Å². The van der Waals surface area contributed by atoms with Crippen LogP contribution in [-0.4, -0.2) is 36.8 Å². The Labute approximate surface area is 162 Å². The molecule has 0 saturated carbocycles. The highest BCUT2D eigenvalue weighted by Crippen LogP contribution is 2.22. The van der Waals surface area contributed by atoms with Gasteiger partial charge in [0.25, 0.3) is 11.8 Å². The molecule has 1 aromatic heterocycles. The van der Waals surface area contributed by atoms with Crippen molar-refractivity contribution in [2.45, 2.75) is 13.0 Å². The first-order valence-electron chi connectivity index (χ1n) is 8.82. The van der Waals surface area contributed by atoms with Gasteiger partial charge in [-0.1, -0.05) is 6.07 Å². The van der Waals surface area contributed by atoms with Gasteiger partial charge in [-0.05, 0) is 49.4 Å². The summed E-state index contributed by atoms with van der Waals surface area (Å²) in [6.45, 7) is 2.06. The van der Waals surface area contributed by atoms with Gasteiger partial charge in [-0.25, -0.2) is 4.39 Å². The van der Waals surface area contributed by atoms with Crippen LogP contribution in [0.1, 0.15) is 18.9 Å². The van der Waals surface area contributed by atoms with Crippen LogP contribution < -0.4 is 15.0 Å². The Hall–Kier alpha value is -3.26. The lowest BCUT2D eigenvalue weighted by atomic mass is 10.2. The lowest BCUT2D eigenvalue weighted by molar-refractivity contribution is -0.903. The van der Waals surface area contributed by atoms with Crippen molar-refractivity contribution in [1.29, 1.82) is 0 Å². The van der Waals surface area contributed by atoms with E-state index in [4.69, 9.17) is 9.15 Å². The smallest absolute Gasteiger partial charge is 0.279 e. The van der Waals surface area contributed by atoms with Crippen LogP contribution in [0.4, 0.5) is 10.1 Å². The molecule has 28 heavy (non-hydrogen) atoms. The zero-order chi connectivity index (χ0) is 20.1. The van der Waals surface area contributed by atoms with Gasteiger partial charge in [-0.3, -0.25) is 4.79 Å². The van der Waals surface area contributed by atoms with Gasteiger partial charge in [-0.2, -0.15) is 0 Å². The number of amides is 1. The molecular formula is C20H22FN4O3+. The minimum Gasteiger partial charge on any atom is -0.497 e. The van der Waals surface area contributed by atoms with Crippen molar-refractivity contribution in [1.82, 2.24) is 10.2 Å². The summed E-state index contributed by atoms with van der Waals surface area (Å²) in [5, 5.41) is 10.9. The maximum absolute atomic E-state index is 13.2. The molecule has 3 aromatic rings. The summed E-state index contributed by atoms with van der Waals surface area (Å²) in [6.07, 6.45) is 0. The van der Waals surface area contributed by atoms with Crippen LogP contribution in [0.5, 0.6) is 5.75 Å². The molecular weight excluding hydrogens is 363 g/mol. The highest BCUT2D eigenvalue weighted by Gasteiger charge is 2.24. The Morgan fingerprint density at radius 1 is 1.25 bits per heavy atom. The first kappa shape index (κ1) is 19.5. The molecule has 0 aliphatic heterocycles. The number of anilines is 1. The second-order valence-electron chi connectivity index (χ2n) is 6.48. The topological polar surface area (TPSA) is 81.7 Å². The number of halogens is 1. The zero-order valence-electron chi connectivity index (χ0n) is 15.9. The highest BCUT2D eigenvalue weighted by molar-refractivity contribution is 5.91. The Morgan fingerprint density at radius 2 is 2.00 bits per heavy atom. The molecule has 2 atom stereocenters. The molecule has 146 valence electrons. The molecule has 0 spiro atoms. The summed E-state index contributed by atoms with van der Waals surface area (Å²) in [5.41, 5.74) is 1.21. The minimum absolute atomic E-state index is 0.165. The van der Waals surface area contributed by atoms with E-state index in [2.05, 4.69) is 15.5 Å². The van der Waals surface area contributed by atoms with Crippen LogP contribution in [0.15, 0.2) is 52.9 Å². The summed E-state index contributed by atoms with van der Waals surface area (Å²) in [7, 11) is 3.46. The third kappa shape index (κ3) is 4.72. The fourth-order valence-corrected chi connectivity index (χ4v) is 2.65. The van der Waals surface area contributed by atoms with Crippen molar-refractivity contribution in [2.24, 2.45) is 0 Å². The van der Waals surface area contributed by atoms with E-state index < -0.39 is 5.82 Å². The van der Waals surface area contributed by atoms with Gasteiger partial charge in [0.1, 0.15) is 11.6 Å². The second kappa shape index (κ2) is 8.62. The van der Waals surface area contributed by atoms with E-state index in [-0.39, 0.29) is 18.5 Å². The van der Waals surface area contributed by atoms with E-state index in [0.29, 0.717) is 17.5 Å². The molecule has 0 radical (unpaired) electrons. The van der Waals surface area contributed by atoms with Gasteiger partial charge < -0.3 is 19.4 Å². The standard InChI is InChI=1S/C20H21FN4O3/c1-13(25(2)12-18(26)22-16-6-4-5-15(21)11-16)19-23-24-20(28-19)14-7-9-17(27-3)10-8-14/h4-11,13H,12H2,1-3H3,(H,22,26)/p+1/t13-/m0/s1. The number of nitrogens with zero attached hydrogens (tertiary/aromatic N) is 2. The van der Waals surface area contributed by atoms with Crippen LogP contribution in [0, 0.1) is 5.82 Å². The number of methoxy groups -OCH3 is 1. The molecule has 2 aromatic carbocycles. The number of rotatable bonds is 7. The van der Waals surface area contributed by atoms with Gasteiger partial charge in [-0.15, -0.1) is 10.2 Å². The maximum Gasteiger partial charge on any atom is 0.279 e. The third-order valence-electron chi connectivity index (χ3n) is 4.43. The molecule has 8 heteroatoms. The number of quaternary nitrogens is 1. The van der Waals surface area contributed by atoms with Crippen molar-refractivity contribution in [2.75, 3.05) is 26.0 Å². The fraction of sp³-hybridized carbons (Fsp3) is 0.250. The number of carbonyl (C=O) groups excluding carboxylic acids is 1. The number of hydrogen-bond acceptors (Lipinski definition) is 5. The summed E-state index contributed by atoms with van der Waals surface area (Å²) >= 11 is 0. The van der Waals surface area contributed by atoms with Crippen LogP contribution in [0.3, 0.4) is 0 Å². The van der Waals surface area contributed by atoms with Gasteiger partial charge in [0, 0.05) is 11.3 Å². The van der Waals surface area contributed by atoms with Crippen LogP contribution in [0.25, 0.3) is 11.5 Å². The lowest BCUT2D eigenvalue weighted by Gasteiger charge is -2.18. The third-order valence-corrected chi connectivity index (χ3v) is 4.43. The molecule has 0 fully saturated rings. The maximum atomic E-state index is 13.2. The number of ether oxygens (including phenoxy) is 1. The SMILES string of the molecule is COc1ccc(-c2nnc([C@H](C)[NH+](C)CC(=O)Nc3cccc(F)c3)o2)cc1. The predicted octanol–water partition coefficient (Wildman–Crippen LogP) is 2.10. The highest BCUT2D eigenvalue weighted by atomic mass is 19.1. The van der Waals surface area contributed by atoms with E-state index in [0.717, 1.165) is 16.2 Å². The Balaban J connectivity index is 1.62. The van der Waals surface area contributed by atoms with Crippen molar-refractivity contribution in [3.63, 3.8) is 0 Å². The molecule has 2 N–H and O–H groups in total. The molecule has 1 unspecified atom stereocenters. The average molecular weight is 385 g/mol. The van der Waals surface area contributed by atoms with Gasteiger partial charge in [0.15, 0.2) is 12.6 Å². The minimum atomic E-state index is -0.399. The summed E-state index contributed by atoms with van der Waals surface area (Å²) in [5.74, 6) is 0.947. The molecule has 0 bridgehead atoms. The Bertz CT molecular complexity index is 943. The van der Waals surface area contributed by atoms with Crippen LogP contribution in [-0.2, 0) is 4.79 Å². The monoisotopic (exact) mass is 385 g/mol. The quantitative estimate of drug-likeness (QED) is 0.651. The summed E-state index contributed by atoms with van der Waals surface area (Å²) in [4.78, 5) is 13.1. The van der Waals surface area contributed by atoms with E-state index in [1.807, 2.05) is 38.2 Å². The Kier molecular flexibility index (Phi) is 6.00. The van der Waals surface area contributed by atoms with Crippen LogP contribution >= 0.6 is 0 Å². The molecule has 3 rings (SSSR count).